The summed E-state index contributed by atoms with van der Waals surface area (Å²) in [7, 11) is 0. The number of allylic oxidation sites excluding steroid dienone is 3. The second kappa shape index (κ2) is 4.14. The molecule has 0 spiro atoms. The van der Waals surface area contributed by atoms with Crippen molar-refractivity contribution in [2.75, 3.05) is 0 Å². The van der Waals surface area contributed by atoms with Crippen LogP contribution in [0.4, 0.5) is 0 Å². The molecule has 0 aliphatic heterocycles. The van der Waals surface area contributed by atoms with Crippen LogP contribution in [-0.2, 0) is 4.79 Å². The number of hydrogen-bond acceptors (Lipinski definition) is 3. The molecule has 1 aromatic rings. The van der Waals surface area contributed by atoms with Crippen molar-refractivity contribution in [1.82, 2.24) is 0 Å². The fourth-order valence-electron chi connectivity index (χ4n) is 1.57. The summed E-state index contributed by atoms with van der Waals surface area (Å²) in [4.78, 5) is 11.6. The van der Waals surface area contributed by atoms with Crippen LogP contribution in [-0.4, -0.2) is 16.6 Å². The Labute approximate surface area is 93.2 Å². The molecule has 16 heavy (non-hydrogen) atoms. The highest BCUT2D eigenvalue weighted by Crippen LogP contribution is 2.21. The molecular formula is C13H11NO2. The first kappa shape index (κ1) is 10.4. The zero-order valence-electron chi connectivity index (χ0n) is 8.60. The topological polar surface area (TPSA) is 61.1 Å². The largest absolute Gasteiger partial charge is 0.507 e. The summed E-state index contributed by atoms with van der Waals surface area (Å²) in [5.41, 5.74) is 1.17. The van der Waals surface area contributed by atoms with Gasteiger partial charge in [-0.05, 0) is 12.2 Å². The van der Waals surface area contributed by atoms with Crippen molar-refractivity contribution in [2.45, 2.75) is 6.42 Å². The number of Topliss-reactive ketones (excluding diaryl/α,β-unsaturated/α-hetero) is 1. The predicted octanol–water partition coefficient (Wildman–Crippen LogP) is 2.50. The zero-order chi connectivity index (χ0) is 11.5. The highest BCUT2D eigenvalue weighted by molar-refractivity contribution is 6.19. The number of aliphatic hydroxyl groups excluding tert-OH is 1. The molecule has 0 unspecified atom stereocenters. The van der Waals surface area contributed by atoms with E-state index in [1.165, 1.54) is 12.2 Å². The smallest absolute Gasteiger partial charge is 0.172 e. The Morgan fingerprint density at radius 1 is 1.19 bits per heavy atom. The van der Waals surface area contributed by atoms with E-state index in [-0.39, 0.29) is 29.2 Å². The lowest BCUT2D eigenvalue weighted by Crippen LogP contribution is -2.13. The maximum atomic E-state index is 11.6. The first-order chi connectivity index (χ1) is 7.68. The van der Waals surface area contributed by atoms with Gasteiger partial charge < -0.3 is 10.5 Å². The van der Waals surface area contributed by atoms with Gasteiger partial charge in [0.2, 0.25) is 0 Å². The zero-order valence-corrected chi connectivity index (χ0v) is 8.60. The molecule has 3 heteroatoms. The lowest BCUT2D eigenvalue weighted by molar-refractivity contribution is -0.114. The monoisotopic (exact) mass is 213 g/mol. The van der Waals surface area contributed by atoms with Crippen LogP contribution >= 0.6 is 0 Å². The van der Waals surface area contributed by atoms with Crippen molar-refractivity contribution < 1.29 is 9.90 Å². The van der Waals surface area contributed by atoms with E-state index < -0.39 is 0 Å². The molecule has 0 bridgehead atoms. The van der Waals surface area contributed by atoms with Crippen LogP contribution in [0.25, 0.3) is 5.76 Å². The standard InChI is InChI=1S/C13H11NO2/c14-10-6-7-11(12(15)8-10)13(16)9-4-2-1-3-5-9/h1-7,14,16H,8H2. The van der Waals surface area contributed by atoms with E-state index in [0.717, 1.165) is 0 Å². The highest BCUT2D eigenvalue weighted by atomic mass is 16.3. The van der Waals surface area contributed by atoms with Crippen molar-refractivity contribution in [3.63, 3.8) is 0 Å². The average Bonchev–Trinajstić information content (AvgIpc) is 2.29. The van der Waals surface area contributed by atoms with Crippen LogP contribution in [0.5, 0.6) is 0 Å². The van der Waals surface area contributed by atoms with E-state index in [2.05, 4.69) is 0 Å². The van der Waals surface area contributed by atoms with Gasteiger partial charge in [0.05, 0.1) is 12.0 Å². The van der Waals surface area contributed by atoms with Gasteiger partial charge in [0.25, 0.3) is 0 Å². The first-order valence-corrected chi connectivity index (χ1v) is 4.96. The third kappa shape index (κ3) is 1.93. The van der Waals surface area contributed by atoms with E-state index in [4.69, 9.17) is 5.41 Å². The minimum atomic E-state index is -0.214. The van der Waals surface area contributed by atoms with Crippen LogP contribution in [0.2, 0.25) is 0 Å². The van der Waals surface area contributed by atoms with Crippen LogP contribution < -0.4 is 0 Å². The number of carbonyl (C=O) groups excluding carboxylic acids is 1. The third-order valence-corrected chi connectivity index (χ3v) is 2.40. The maximum absolute atomic E-state index is 11.6. The molecule has 1 aliphatic carbocycles. The second-order valence-electron chi connectivity index (χ2n) is 3.59. The maximum Gasteiger partial charge on any atom is 0.172 e. The summed E-state index contributed by atoms with van der Waals surface area (Å²) < 4.78 is 0. The molecule has 3 nitrogen and oxygen atoms in total. The summed E-state index contributed by atoms with van der Waals surface area (Å²) in [6, 6.07) is 8.92. The van der Waals surface area contributed by atoms with Gasteiger partial charge in [-0.1, -0.05) is 30.3 Å². The van der Waals surface area contributed by atoms with E-state index in [1.807, 2.05) is 6.07 Å². The Bertz CT molecular complexity index is 498. The fourth-order valence-corrected chi connectivity index (χ4v) is 1.57. The number of hydrogen-bond donors (Lipinski definition) is 2. The number of nitrogens with one attached hydrogen (secondary N) is 1. The molecule has 0 saturated carbocycles. The Morgan fingerprint density at radius 2 is 1.88 bits per heavy atom. The molecule has 0 amide bonds. The van der Waals surface area contributed by atoms with E-state index in [0.29, 0.717) is 5.56 Å². The fraction of sp³-hybridized carbons (Fsp3) is 0.0769. The van der Waals surface area contributed by atoms with Crippen molar-refractivity contribution >= 4 is 17.3 Å². The van der Waals surface area contributed by atoms with Gasteiger partial charge in [-0.15, -0.1) is 0 Å². The number of carbonyl (C=O) groups is 1. The van der Waals surface area contributed by atoms with Crippen molar-refractivity contribution in [2.24, 2.45) is 0 Å². The van der Waals surface area contributed by atoms with Gasteiger partial charge in [0.15, 0.2) is 5.78 Å². The average molecular weight is 213 g/mol. The highest BCUT2D eigenvalue weighted by Gasteiger charge is 2.18. The van der Waals surface area contributed by atoms with Gasteiger partial charge in [-0.2, -0.15) is 0 Å². The van der Waals surface area contributed by atoms with Gasteiger partial charge in [-0.25, -0.2) is 0 Å². The van der Waals surface area contributed by atoms with Gasteiger partial charge >= 0.3 is 0 Å². The SMILES string of the molecule is N=C1C=CC(=C(O)c2ccccc2)C(=O)C1. The summed E-state index contributed by atoms with van der Waals surface area (Å²) in [6.07, 6.45) is 3.09. The van der Waals surface area contributed by atoms with Crippen molar-refractivity contribution in [3.05, 3.63) is 53.6 Å². The Hall–Kier alpha value is -2.16. The van der Waals surface area contributed by atoms with Gasteiger partial charge in [0, 0.05) is 11.3 Å². The van der Waals surface area contributed by atoms with Crippen LogP contribution in [0.1, 0.15) is 12.0 Å². The van der Waals surface area contributed by atoms with Crippen LogP contribution in [0, 0.1) is 5.41 Å². The second-order valence-corrected chi connectivity index (χ2v) is 3.59. The molecule has 80 valence electrons. The number of ketones is 1. The van der Waals surface area contributed by atoms with Crippen LogP contribution in [0.15, 0.2) is 48.1 Å². The lowest BCUT2D eigenvalue weighted by Gasteiger charge is -2.10. The Morgan fingerprint density at radius 3 is 2.50 bits per heavy atom. The van der Waals surface area contributed by atoms with E-state index in [9.17, 15) is 9.90 Å². The summed E-state index contributed by atoms with van der Waals surface area (Å²) in [5.74, 6) is -0.233. The molecule has 0 radical (unpaired) electrons. The number of benzene rings is 1. The molecule has 1 aliphatic rings. The summed E-state index contributed by atoms with van der Waals surface area (Å²) >= 11 is 0. The first-order valence-electron chi connectivity index (χ1n) is 4.96. The van der Waals surface area contributed by atoms with Gasteiger partial charge in [0.1, 0.15) is 5.76 Å². The predicted molar refractivity (Wildman–Crippen MR) is 62.5 cm³/mol. The molecule has 1 aromatic carbocycles. The third-order valence-electron chi connectivity index (χ3n) is 2.40. The molecule has 2 rings (SSSR count). The number of rotatable bonds is 1. The van der Waals surface area contributed by atoms with Crippen LogP contribution in [0.3, 0.4) is 0 Å². The van der Waals surface area contributed by atoms with Crippen molar-refractivity contribution in [1.29, 1.82) is 5.41 Å². The normalized spacial score (nSPS) is 18.8. The molecule has 2 N–H and O–H groups in total. The molecule has 0 aromatic heterocycles. The molecule has 0 fully saturated rings. The van der Waals surface area contributed by atoms with E-state index >= 15 is 0 Å². The summed E-state index contributed by atoms with van der Waals surface area (Å²) in [6.45, 7) is 0. The van der Waals surface area contributed by atoms with E-state index in [1.54, 1.807) is 24.3 Å². The quantitative estimate of drug-likeness (QED) is 0.556. The minimum absolute atomic E-state index is 0.0191. The Kier molecular flexibility index (Phi) is 2.68. The molecule has 0 atom stereocenters. The lowest BCUT2D eigenvalue weighted by atomic mass is 9.96. The molecular weight excluding hydrogens is 202 g/mol. The minimum Gasteiger partial charge on any atom is -0.507 e. The number of aliphatic hydroxyl groups is 1. The summed E-state index contributed by atoms with van der Waals surface area (Å²) in [5, 5.41) is 17.3. The molecule has 0 heterocycles. The Balaban J connectivity index is 2.46. The van der Waals surface area contributed by atoms with Crippen molar-refractivity contribution in [3.8, 4) is 0 Å². The van der Waals surface area contributed by atoms with Gasteiger partial charge in [-0.3, -0.25) is 4.79 Å². The molecule has 0 saturated heterocycles.